The van der Waals surface area contributed by atoms with E-state index in [2.05, 4.69) is 4.98 Å². The smallest absolute Gasteiger partial charge is 0.422 e. The minimum absolute atomic E-state index is 0.305. The first-order chi connectivity index (χ1) is 8.27. The molecule has 2 aromatic carbocycles. The van der Waals surface area contributed by atoms with Gasteiger partial charge in [0.2, 0.25) is 0 Å². The number of fused-ring (bicyclic) bond motifs is 3. The molecule has 1 aromatic heterocycles. The summed E-state index contributed by atoms with van der Waals surface area (Å²) in [5.74, 6) is 0. The SMILES string of the molecule is OB(O)c1nc2ccccc2c2ccccc12. The highest BCUT2D eigenvalue weighted by Gasteiger charge is 2.18. The molecule has 4 heteroatoms. The van der Waals surface area contributed by atoms with Crippen molar-refractivity contribution in [1.29, 1.82) is 0 Å². The largest absolute Gasteiger partial charge is 0.508 e. The predicted molar refractivity (Wildman–Crippen MR) is 69.1 cm³/mol. The van der Waals surface area contributed by atoms with Gasteiger partial charge in [-0.2, -0.15) is 0 Å². The minimum atomic E-state index is -1.55. The number of hydrogen-bond acceptors (Lipinski definition) is 3. The van der Waals surface area contributed by atoms with Crippen LogP contribution in [0.15, 0.2) is 48.5 Å². The highest BCUT2D eigenvalue weighted by atomic mass is 16.4. The van der Waals surface area contributed by atoms with Crippen molar-refractivity contribution in [3.8, 4) is 0 Å². The second kappa shape index (κ2) is 3.84. The molecule has 3 aromatic rings. The van der Waals surface area contributed by atoms with Crippen LogP contribution >= 0.6 is 0 Å². The molecule has 3 rings (SSSR count). The monoisotopic (exact) mass is 223 g/mol. The van der Waals surface area contributed by atoms with E-state index in [0.717, 1.165) is 21.7 Å². The van der Waals surface area contributed by atoms with E-state index in [1.165, 1.54) is 0 Å². The Morgan fingerprint density at radius 1 is 0.765 bits per heavy atom. The fourth-order valence-electron chi connectivity index (χ4n) is 2.13. The Bertz CT molecular complexity index is 697. The highest BCUT2D eigenvalue weighted by molar-refractivity contribution is 6.61. The molecule has 17 heavy (non-hydrogen) atoms. The molecular weight excluding hydrogens is 213 g/mol. The third-order valence-corrected chi connectivity index (χ3v) is 2.88. The molecular formula is C13H10BNO2. The molecule has 82 valence electrons. The molecule has 0 saturated heterocycles. The topological polar surface area (TPSA) is 53.4 Å². The van der Waals surface area contributed by atoms with Crippen LogP contribution in [-0.2, 0) is 0 Å². The first kappa shape index (κ1) is 10.3. The molecule has 0 spiro atoms. The van der Waals surface area contributed by atoms with Crippen LogP contribution < -0.4 is 5.59 Å². The maximum atomic E-state index is 9.37. The number of para-hydroxylation sites is 1. The Kier molecular flexibility index (Phi) is 2.32. The maximum Gasteiger partial charge on any atom is 0.508 e. The Morgan fingerprint density at radius 2 is 1.35 bits per heavy atom. The van der Waals surface area contributed by atoms with Crippen molar-refractivity contribution < 1.29 is 10.0 Å². The number of hydrogen-bond donors (Lipinski definition) is 2. The van der Waals surface area contributed by atoms with E-state index in [0.29, 0.717) is 5.59 Å². The Hall–Kier alpha value is -1.91. The van der Waals surface area contributed by atoms with Gasteiger partial charge in [0.05, 0.1) is 11.1 Å². The summed E-state index contributed by atoms with van der Waals surface area (Å²) >= 11 is 0. The van der Waals surface area contributed by atoms with E-state index in [1.54, 1.807) is 0 Å². The molecule has 3 nitrogen and oxygen atoms in total. The molecule has 0 radical (unpaired) electrons. The fraction of sp³-hybridized carbons (Fsp3) is 0. The summed E-state index contributed by atoms with van der Waals surface area (Å²) in [7, 11) is -1.55. The quantitative estimate of drug-likeness (QED) is 0.479. The summed E-state index contributed by atoms with van der Waals surface area (Å²) in [6.07, 6.45) is 0. The highest BCUT2D eigenvalue weighted by Crippen LogP contribution is 2.21. The summed E-state index contributed by atoms with van der Waals surface area (Å²) in [6.45, 7) is 0. The van der Waals surface area contributed by atoms with Crippen molar-refractivity contribution in [3.63, 3.8) is 0 Å². The maximum absolute atomic E-state index is 9.37. The minimum Gasteiger partial charge on any atom is -0.422 e. The summed E-state index contributed by atoms with van der Waals surface area (Å²) in [5, 5.41) is 21.5. The Labute approximate surface area is 98.5 Å². The standard InChI is InChI=1S/C13H10BNO2/c16-14(17)13-11-7-2-1-5-9(11)10-6-3-4-8-12(10)15-13/h1-8,16-17H. The van der Waals surface area contributed by atoms with E-state index in [-0.39, 0.29) is 0 Å². The molecule has 0 bridgehead atoms. The van der Waals surface area contributed by atoms with Crippen molar-refractivity contribution in [2.75, 3.05) is 0 Å². The Balaban J connectivity index is 2.55. The summed E-state index contributed by atoms with van der Waals surface area (Å²) in [4.78, 5) is 4.30. The molecule has 0 aliphatic rings. The fourth-order valence-corrected chi connectivity index (χ4v) is 2.13. The molecule has 0 atom stereocenters. The van der Waals surface area contributed by atoms with E-state index < -0.39 is 7.12 Å². The predicted octanol–water partition coefficient (Wildman–Crippen LogP) is 1.07. The third-order valence-electron chi connectivity index (χ3n) is 2.88. The molecule has 2 N–H and O–H groups in total. The van der Waals surface area contributed by atoms with Crippen LogP contribution in [0.3, 0.4) is 0 Å². The van der Waals surface area contributed by atoms with Gasteiger partial charge in [-0.3, -0.25) is 4.98 Å². The van der Waals surface area contributed by atoms with Gasteiger partial charge >= 0.3 is 7.12 Å². The zero-order valence-electron chi connectivity index (χ0n) is 9.04. The van der Waals surface area contributed by atoms with Gasteiger partial charge in [0.25, 0.3) is 0 Å². The number of pyridine rings is 1. The molecule has 0 fully saturated rings. The van der Waals surface area contributed by atoms with Gasteiger partial charge in [0, 0.05) is 10.8 Å². The van der Waals surface area contributed by atoms with Crippen LogP contribution in [0.5, 0.6) is 0 Å². The van der Waals surface area contributed by atoms with Crippen LogP contribution in [0.2, 0.25) is 0 Å². The van der Waals surface area contributed by atoms with E-state index >= 15 is 0 Å². The van der Waals surface area contributed by atoms with Gasteiger partial charge in [-0.25, -0.2) is 0 Å². The molecule has 0 amide bonds. The first-order valence-corrected chi connectivity index (χ1v) is 5.41. The van der Waals surface area contributed by atoms with Gasteiger partial charge in [-0.05, 0) is 11.5 Å². The van der Waals surface area contributed by atoms with Crippen molar-refractivity contribution in [2.45, 2.75) is 0 Å². The van der Waals surface area contributed by atoms with Gasteiger partial charge in [0.15, 0.2) is 0 Å². The zero-order valence-corrected chi connectivity index (χ0v) is 9.04. The average molecular weight is 223 g/mol. The zero-order chi connectivity index (χ0) is 11.8. The van der Waals surface area contributed by atoms with Crippen molar-refractivity contribution >= 4 is 34.4 Å². The van der Waals surface area contributed by atoms with E-state index in [9.17, 15) is 10.0 Å². The number of benzene rings is 2. The second-order valence-corrected chi connectivity index (χ2v) is 3.93. The van der Waals surface area contributed by atoms with E-state index in [4.69, 9.17) is 0 Å². The molecule has 0 unspecified atom stereocenters. The number of rotatable bonds is 1. The molecule has 0 aliphatic carbocycles. The summed E-state index contributed by atoms with van der Waals surface area (Å²) < 4.78 is 0. The van der Waals surface area contributed by atoms with Gasteiger partial charge < -0.3 is 10.0 Å². The van der Waals surface area contributed by atoms with Crippen LogP contribution in [0, 0.1) is 0 Å². The number of aromatic nitrogens is 1. The third kappa shape index (κ3) is 1.58. The van der Waals surface area contributed by atoms with Crippen LogP contribution in [0.25, 0.3) is 21.7 Å². The molecule has 1 heterocycles. The molecule has 0 aliphatic heterocycles. The van der Waals surface area contributed by atoms with Crippen LogP contribution in [0.1, 0.15) is 0 Å². The molecule has 0 saturated carbocycles. The number of nitrogens with zero attached hydrogens (tertiary/aromatic N) is 1. The van der Waals surface area contributed by atoms with Crippen molar-refractivity contribution in [1.82, 2.24) is 4.98 Å². The van der Waals surface area contributed by atoms with Gasteiger partial charge in [-0.15, -0.1) is 0 Å². The summed E-state index contributed by atoms with van der Waals surface area (Å²) in [5.41, 5.74) is 1.08. The Morgan fingerprint density at radius 3 is 2.06 bits per heavy atom. The lowest BCUT2D eigenvalue weighted by Crippen LogP contribution is -2.33. The van der Waals surface area contributed by atoms with Gasteiger partial charge in [-0.1, -0.05) is 42.5 Å². The lowest BCUT2D eigenvalue weighted by atomic mass is 9.81. The lowest BCUT2D eigenvalue weighted by molar-refractivity contribution is 0.425. The van der Waals surface area contributed by atoms with Crippen LogP contribution in [0.4, 0.5) is 0 Å². The lowest BCUT2D eigenvalue weighted by Gasteiger charge is -2.08. The normalized spacial score (nSPS) is 10.9. The van der Waals surface area contributed by atoms with E-state index in [1.807, 2.05) is 48.5 Å². The van der Waals surface area contributed by atoms with Crippen molar-refractivity contribution in [3.05, 3.63) is 48.5 Å². The summed E-state index contributed by atoms with van der Waals surface area (Å²) in [6, 6.07) is 15.3. The first-order valence-electron chi connectivity index (χ1n) is 5.41. The van der Waals surface area contributed by atoms with Gasteiger partial charge in [0.1, 0.15) is 0 Å². The second-order valence-electron chi connectivity index (χ2n) is 3.93. The average Bonchev–Trinajstić information content (AvgIpc) is 2.37. The van der Waals surface area contributed by atoms with Crippen LogP contribution in [-0.4, -0.2) is 22.2 Å². The van der Waals surface area contributed by atoms with Crippen molar-refractivity contribution in [2.24, 2.45) is 0 Å².